The third-order valence-electron chi connectivity index (χ3n) is 3.38. The zero-order chi connectivity index (χ0) is 17.2. The lowest BCUT2D eigenvalue weighted by Gasteiger charge is -2.08. The average Bonchev–Trinajstić information content (AvgIpc) is 2.60. The van der Waals surface area contributed by atoms with E-state index >= 15 is 0 Å². The third-order valence-corrected chi connectivity index (χ3v) is 3.91. The van der Waals surface area contributed by atoms with E-state index in [9.17, 15) is 4.79 Å². The number of amides is 1. The van der Waals surface area contributed by atoms with Crippen molar-refractivity contribution in [2.24, 2.45) is 0 Å². The molecule has 4 nitrogen and oxygen atoms in total. The Bertz CT molecular complexity index is 626. The van der Waals surface area contributed by atoms with E-state index in [0.717, 1.165) is 23.1 Å². The second kappa shape index (κ2) is 9.98. The molecule has 0 aliphatic heterocycles. The standard InChI is InChI=1S/C19H22BrNO3/c1-2-23-17-9-5-15(6-10-17)4-3-13-21-19(22)14-24-18-11-7-16(20)8-12-18/h5-12H,2-4,13-14H2,1H3,(H,21,22). The molecule has 1 amide bonds. The Kier molecular flexibility index (Phi) is 7.62. The van der Waals surface area contributed by atoms with Gasteiger partial charge < -0.3 is 14.8 Å². The predicted molar refractivity (Wildman–Crippen MR) is 98.6 cm³/mol. The van der Waals surface area contributed by atoms with E-state index in [4.69, 9.17) is 9.47 Å². The topological polar surface area (TPSA) is 47.6 Å². The van der Waals surface area contributed by atoms with Gasteiger partial charge in [-0.1, -0.05) is 28.1 Å². The van der Waals surface area contributed by atoms with Gasteiger partial charge in [0.1, 0.15) is 11.5 Å². The molecule has 0 bridgehead atoms. The number of carbonyl (C=O) groups excluding carboxylic acids is 1. The summed E-state index contributed by atoms with van der Waals surface area (Å²) >= 11 is 3.36. The largest absolute Gasteiger partial charge is 0.494 e. The molecule has 24 heavy (non-hydrogen) atoms. The van der Waals surface area contributed by atoms with Gasteiger partial charge in [0, 0.05) is 11.0 Å². The molecule has 2 aromatic rings. The van der Waals surface area contributed by atoms with E-state index in [0.29, 0.717) is 18.9 Å². The van der Waals surface area contributed by atoms with Crippen molar-refractivity contribution >= 4 is 21.8 Å². The van der Waals surface area contributed by atoms with Gasteiger partial charge in [-0.3, -0.25) is 4.79 Å². The first-order valence-electron chi connectivity index (χ1n) is 8.04. The Morgan fingerprint density at radius 2 is 1.62 bits per heavy atom. The van der Waals surface area contributed by atoms with E-state index in [1.54, 1.807) is 0 Å². The molecule has 0 unspecified atom stereocenters. The van der Waals surface area contributed by atoms with Crippen LogP contribution in [-0.4, -0.2) is 25.7 Å². The van der Waals surface area contributed by atoms with E-state index in [2.05, 4.69) is 33.4 Å². The molecule has 2 aromatic carbocycles. The Balaban J connectivity index is 1.61. The maximum Gasteiger partial charge on any atom is 0.257 e. The van der Waals surface area contributed by atoms with Gasteiger partial charge >= 0.3 is 0 Å². The first-order chi connectivity index (χ1) is 11.7. The molecule has 0 spiro atoms. The Morgan fingerprint density at radius 3 is 2.29 bits per heavy atom. The number of hydrogen-bond donors (Lipinski definition) is 1. The summed E-state index contributed by atoms with van der Waals surface area (Å²) in [5, 5.41) is 2.87. The minimum atomic E-state index is -0.107. The molecule has 128 valence electrons. The molecular weight excluding hydrogens is 370 g/mol. The molecule has 0 aliphatic carbocycles. The van der Waals surface area contributed by atoms with Crippen LogP contribution in [0.15, 0.2) is 53.0 Å². The van der Waals surface area contributed by atoms with E-state index in [1.165, 1.54) is 5.56 Å². The van der Waals surface area contributed by atoms with Crippen LogP contribution in [-0.2, 0) is 11.2 Å². The predicted octanol–water partition coefficient (Wildman–Crippen LogP) is 3.98. The van der Waals surface area contributed by atoms with E-state index < -0.39 is 0 Å². The number of hydrogen-bond acceptors (Lipinski definition) is 3. The van der Waals surface area contributed by atoms with Gasteiger partial charge in [-0.05, 0) is 61.7 Å². The minimum Gasteiger partial charge on any atom is -0.494 e. The molecule has 0 saturated carbocycles. The summed E-state index contributed by atoms with van der Waals surface area (Å²) in [6.07, 6.45) is 1.80. The molecule has 0 radical (unpaired) electrons. The Hall–Kier alpha value is -2.01. The molecule has 0 aromatic heterocycles. The Morgan fingerprint density at radius 1 is 1.00 bits per heavy atom. The molecule has 0 saturated heterocycles. The van der Waals surface area contributed by atoms with Crippen LogP contribution >= 0.6 is 15.9 Å². The summed E-state index contributed by atoms with van der Waals surface area (Å²) in [6.45, 7) is 3.31. The molecule has 0 aliphatic rings. The van der Waals surface area contributed by atoms with Gasteiger partial charge in [0.15, 0.2) is 6.61 Å². The lowest BCUT2D eigenvalue weighted by molar-refractivity contribution is -0.123. The molecule has 0 atom stereocenters. The first-order valence-corrected chi connectivity index (χ1v) is 8.83. The van der Waals surface area contributed by atoms with Gasteiger partial charge in [0.2, 0.25) is 0 Å². The van der Waals surface area contributed by atoms with Crippen molar-refractivity contribution in [3.63, 3.8) is 0 Å². The number of halogens is 1. The highest BCUT2D eigenvalue weighted by atomic mass is 79.9. The fourth-order valence-electron chi connectivity index (χ4n) is 2.17. The van der Waals surface area contributed by atoms with Crippen LogP contribution in [0.4, 0.5) is 0 Å². The maximum atomic E-state index is 11.7. The summed E-state index contributed by atoms with van der Waals surface area (Å²) < 4.78 is 11.8. The van der Waals surface area contributed by atoms with Crippen LogP contribution in [0.25, 0.3) is 0 Å². The summed E-state index contributed by atoms with van der Waals surface area (Å²) in [5.74, 6) is 1.46. The van der Waals surface area contributed by atoms with Crippen molar-refractivity contribution < 1.29 is 14.3 Å². The number of rotatable bonds is 9. The first kappa shape index (κ1) is 18.3. The van der Waals surface area contributed by atoms with Crippen molar-refractivity contribution in [3.8, 4) is 11.5 Å². The van der Waals surface area contributed by atoms with Crippen molar-refractivity contribution in [1.29, 1.82) is 0 Å². The fourth-order valence-corrected chi connectivity index (χ4v) is 2.43. The van der Waals surface area contributed by atoms with Crippen molar-refractivity contribution in [3.05, 3.63) is 58.6 Å². The maximum absolute atomic E-state index is 11.7. The third kappa shape index (κ3) is 6.62. The highest BCUT2D eigenvalue weighted by molar-refractivity contribution is 9.10. The summed E-state index contributed by atoms with van der Waals surface area (Å²) in [6, 6.07) is 15.5. The van der Waals surface area contributed by atoms with E-state index in [-0.39, 0.29) is 12.5 Å². The molecule has 5 heteroatoms. The van der Waals surface area contributed by atoms with Crippen LogP contribution in [0.3, 0.4) is 0 Å². The van der Waals surface area contributed by atoms with Gasteiger partial charge in [0.25, 0.3) is 5.91 Å². The normalized spacial score (nSPS) is 10.2. The van der Waals surface area contributed by atoms with Crippen molar-refractivity contribution in [2.45, 2.75) is 19.8 Å². The zero-order valence-corrected chi connectivity index (χ0v) is 15.3. The van der Waals surface area contributed by atoms with Gasteiger partial charge in [-0.15, -0.1) is 0 Å². The lowest BCUT2D eigenvalue weighted by atomic mass is 10.1. The molecule has 0 heterocycles. The highest BCUT2D eigenvalue weighted by Gasteiger charge is 2.02. The molecule has 1 N–H and O–H groups in total. The fraction of sp³-hybridized carbons (Fsp3) is 0.316. The van der Waals surface area contributed by atoms with Crippen LogP contribution in [0, 0.1) is 0 Å². The zero-order valence-electron chi connectivity index (χ0n) is 13.8. The minimum absolute atomic E-state index is 0.0324. The van der Waals surface area contributed by atoms with Crippen LogP contribution in [0.1, 0.15) is 18.9 Å². The highest BCUT2D eigenvalue weighted by Crippen LogP contribution is 2.16. The van der Waals surface area contributed by atoms with E-state index in [1.807, 2.05) is 43.3 Å². The molecule has 0 fully saturated rings. The van der Waals surface area contributed by atoms with Gasteiger partial charge in [-0.25, -0.2) is 0 Å². The number of benzene rings is 2. The van der Waals surface area contributed by atoms with Crippen LogP contribution in [0.5, 0.6) is 11.5 Å². The Labute approximate surface area is 151 Å². The summed E-state index contributed by atoms with van der Waals surface area (Å²) in [7, 11) is 0. The molecule has 2 rings (SSSR count). The SMILES string of the molecule is CCOc1ccc(CCCNC(=O)COc2ccc(Br)cc2)cc1. The quantitative estimate of drug-likeness (QED) is 0.657. The second-order valence-electron chi connectivity index (χ2n) is 5.27. The summed E-state index contributed by atoms with van der Waals surface area (Å²) in [5.41, 5.74) is 1.24. The second-order valence-corrected chi connectivity index (χ2v) is 6.19. The number of aryl methyl sites for hydroxylation is 1. The number of carbonyl (C=O) groups is 1. The van der Waals surface area contributed by atoms with Crippen LogP contribution in [0.2, 0.25) is 0 Å². The van der Waals surface area contributed by atoms with Crippen LogP contribution < -0.4 is 14.8 Å². The monoisotopic (exact) mass is 391 g/mol. The van der Waals surface area contributed by atoms with Gasteiger partial charge in [0.05, 0.1) is 6.61 Å². The van der Waals surface area contributed by atoms with Crippen molar-refractivity contribution in [2.75, 3.05) is 19.8 Å². The lowest BCUT2D eigenvalue weighted by Crippen LogP contribution is -2.29. The molecular formula is C19H22BrNO3. The number of ether oxygens (including phenoxy) is 2. The smallest absolute Gasteiger partial charge is 0.257 e. The average molecular weight is 392 g/mol. The van der Waals surface area contributed by atoms with Gasteiger partial charge in [-0.2, -0.15) is 0 Å². The summed E-state index contributed by atoms with van der Waals surface area (Å²) in [4.78, 5) is 11.7. The van der Waals surface area contributed by atoms with Crippen molar-refractivity contribution in [1.82, 2.24) is 5.32 Å². The number of nitrogens with one attached hydrogen (secondary N) is 1.